The van der Waals surface area contributed by atoms with Crippen molar-refractivity contribution in [1.82, 2.24) is 9.88 Å². The van der Waals surface area contributed by atoms with Crippen LogP contribution in [0.4, 0.5) is 0 Å². The summed E-state index contributed by atoms with van der Waals surface area (Å²) >= 11 is 1.76. The van der Waals surface area contributed by atoms with E-state index in [-0.39, 0.29) is 6.61 Å². The Labute approximate surface area is 128 Å². The first-order valence-corrected chi connectivity index (χ1v) is 7.93. The third-order valence-electron chi connectivity index (χ3n) is 3.51. The third kappa shape index (κ3) is 3.47. The number of nitrogens with zero attached hydrogens (tertiary/aromatic N) is 2. The lowest BCUT2D eigenvalue weighted by molar-refractivity contribution is 0.186. The molecule has 4 heteroatoms. The quantitative estimate of drug-likeness (QED) is 0.758. The van der Waals surface area contributed by atoms with E-state index in [9.17, 15) is 5.11 Å². The lowest BCUT2D eigenvalue weighted by Gasteiger charge is -2.21. The molecule has 1 N–H and O–H groups in total. The number of rotatable bonds is 6. The maximum Gasteiger partial charge on any atom is 0.0705 e. The van der Waals surface area contributed by atoms with Crippen molar-refractivity contribution in [3.05, 3.63) is 64.5 Å². The number of aromatic nitrogens is 1. The van der Waals surface area contributed by atoms with Gasteiger partial charge in [-0.2, -0.15) is 0 Å². The zero-order chi connectivity index (χ0) is 14.5. The van der Waals surface area contributed by atoms with Gasteiger partial charge in [0.25, 0.3) is 0 Å². The molecule has 21 heavy (non-hydrogen) atoms. The van der Waals surface area contributed by atoms with E-state index in [4.69, 9.17) is 0 Å². The Kier molecular flexibility index (Phi) is 4.60. The molecule has 0 unspecified atom stereocenters. The molecular weight excluding hydrogens is 280 g/mol. The Morgan fingerprint density at radius 2 is 2.00 bits per heavy atom. The second-order valence-electron chi connectivity index (χ2n) is 5.00. The van der Waals surface area contributed by atoms with Crippen LogP contribution < -0.4 is 0 Å². The molecule has 108 valence electrons. The first-order chi connectivity index (χ1) is 10.4. The first kappa shape index (κ1) is 14.2. The molecule has 0 atom stereocenters. The van der Waals surface area contributed by atoms with E-state index in [1.807, 2.05) is 24.4 Å². The summed E-state index contributed by atoms with van der Waals surface area (Å²) in [6.07, 6.45) is 1.82. The molecule has 0 amide bonds. The number of fused-ring (bicyclic) bond motifs is 1. The van der Waals surface area contributed by atoms with Gasteiger partial charge in [-0.1, -0.05) is 24.3 Å². The molecule has 3 aromatic rings. The summed E-state index contributed by atoms with van der Waals surface area (Å²) in [5, 5.41) is 12.6. The SMILES string of the molecule is OCCN(Cc1cccs1)Cc1cccc2ncccc12. The molecule has 1 aromatic carbocycles. The molecule has 2 heterocycles. The van der Waals surface area contributed by atoms with Crippen LogP contribution in [0.2, 0.25) is 0 Å². The lowest BCUT2D eigenvalue weighted by atomic mass is 10.1. The highest BCUT2D eigenvalue weighted by Crippen LogP contribution is 2.20. The summed E-state index contributed by atoms with van der Waals surface area (Å²) in [6, 6.07) is 14.5. The average Bonchev–Trinajstić information content (AvgIpc) is 3.01. The predicted molar refractivity (Wildman–Crippen MR) is 87.3 cm³/mol. The molecule has 0 saturated carbocycles. The van der Waals surface area contributed by atoms with Crippen LogP contribution in [-0.4, -0.2) is 28.1 Å². The van der Waals surface area contributed by atoms with Crippen molar-refractivity contribution in [3.63, 3.8) is 0 Å². The number of aliphatic hydroxyl groups is 1. The van der Waals surface area contributed by atoms with Gasteiger partial charge in [0.15, 0.2) is 0 Å². The number of thiophene rings is 1. The van der Waals surface area contributed by atoms with Gasteiger partial charge in [-0.25, -0.2) is 0 Å². The Morgan fingerprint density at radius 3 is 2.81 bits per heavy atom. The number of pyridine rings is 1. The van der Waals surface area contributed by atoms with Gasteiger partial charge in [-0.05, 0) is 29.1 Å². The second kappa shape index (κ2) is 6.80. The molecule has 0 fully saturated rings. The number of hydrogen-bond donors (Lipinski definition) is 1. The molecule has 0 aliphatic carbocycles. The summed E-state index contributed by atoms with van der Waals surface area (Å²) < 4.78 is 0. The number of benzene rings is 1. The van der Waals surface area contributed by atoms with Crippen molar-refractivity contribution in [3.8, 4) is 0 Å². The third-order valence-corrected chi connectivity index (χ3v) is 4.37. The van der Waals surface area contributed by atoms with Crippen LogP contribution in [0.3, 0.4) is 0 Å². The van der Waals surface area contributed by atoms with Crippen molar-refractivity contribution in [2.75, 3.05) is 13.2 Å². The van der Waals surface area contributed by atoms with E-state index in [0.29, 0.717) is 6.54 Å². The number of aliphatic hydroxyl groups excluding tert-OH is 1. The van der Waals surface area contributed by atoms with Crippen LogP contribution in [0.5, 0.6) is 0 Å². The van der Waals surface area contributed by atoms with E-state index in [1.54, 1.807) is 11.3 Å². The minimum Gasteiger partial charge on any atom is -0.395 e. The zero-order valence-corrected chi connectivity index (χ0v) is 12.6. The van der Waals surface area contributed by atoms with Gasteiger partial charge in [-0.3, -0.25) is 9.88 Å². The van der Waals surface area contributed by atoms with Crippen molar-refractivity contribution < 1.29 is 5.11 Å². The highest BCUT2D eigenvalue weighted by molar-refractivity contribution is 7.09. The van der Waals surface area contributed by atoms with Gasteiger partial charge in [0.1, 0.15) is 0 Å². The largest absolute Gasteiger partial charge is 0.395 e. The minimum absolute atomic E-state index is 0.175. The van der Waals surface area contributed by atoms with Gasteiger partial charge in [0, 0.05) is 36.1 Å². The van der Waals surface area contributed by atoms with Crippen LogP contribution in [0, 0.1) is 0 Å². The Bertz CT molecular complexity index is 692. The monoisotopic (exact) mass is 298 g/mol. The smallest absolute Gasteiger partial charge is 0.0705 e. The lowest BCUT2D eigenvalue weighted by Crippen LogP contribution is -2.25. The molecule has 0 bridgehead atoms. The molecule has 3 nitrogen and oxygen atoms in total. The molecule has 0 aliphatic heterocycles. The fourth-order valence-electron chi connectivity index (χ4n) is 2.52. The molecule has 0 aliphatic rings. The van der Waals surface area contributed by atoms with Crippen molar-refractivity contribution >= 4 is 22.2 Å². The number of hydrogen-bond acceptors (Lipinski definition) is 4. The summed E-state index contributed by atoms with van der Waals surface area (Å²) in [5.74, 6) is 0. The highest BCUT2D eigenvalue weighted by atomic mass is 32.1. The average molecular weight is 298 g/mol. The fraction of sp³-hybridized carbons (Fsp3) is 0.235. The van der Waals surface area contributed by atoms with E-state index in [0.717, 1.165) is 18.6 Å². The van der Waals surface area contributed by atoms with E-state index in [1.165, 1.54) is 15.8 Å². The van der Waals surface area contributed by atoms with Gasteiger partial charge in [-0.15, -0.1) is 11.3 Å². The van der Waals surface area contributed by atoms with Gasteiger partial charge in [0.05, 0.1) is 12.1 Å². The Hall–Kier alpha value is -1.75. The molecule has 3 rings (SSSR count). The van der Waals surface area contributed by atoms with E-state index in [2.05, 4.69) is 39.5 Å². The molecule has 0 spiro atoms. The van der Waals surface area contributed by atoms with E-state index >= 15 is 0 Å². The Morgan fingerprint density at radius 1 is 1.05 bits per heavy atom. The highest BCUT2D eigenvalue weighted by Gasteiger charge is 2.09. The molecule has 2 aromatic heterocycles. The van der Waals surface area contributed by atoms with Crippen molar-refractivity contribution in [1.29, 1.82) is 0 Å². The van der Waals surface area contributed by atoms with Crippen LogP contribution in [-0.2, 0) is 13.1 Å². The fourth-order valence-corrected chi connectivity index (χ4v) is 3.27. The Balaban J connectivity index is 1.83. The summed E-state index contributed by atoms with van der Waals surface area (Å²) in [5.41, 5.74) is 2.28. The zero-order valence-electron chi connectivity index (χ0n) is 11.8. The summed E-state index contributed by atoms with van der Waals surface area (Å²) in [6.45, 7) is 2.54. The maximum atomic E-state index is 9.31. The topological polar surface area (TPSA) is 36.4 Å². The minimum atomic E-state index is 0.175. The van der Waals surface area contributed by atoms with Gasteiger partial charge < -0.3 is 5.11 Å². The molecule has 0 radical (unpaired) electrons. The van der Waals surface area contributed by atoms with Gasteiger partial charge in [0.2, 0.25) is 0 Å². The van der Waals surface area contributed by atoms with Crippen LogP contribution >= 0.6 is 11.3 Å². The maximum absolute atomic E-state index is 9.31. The van der Waals surface area contributed by atoms with E-state index < -0.39 is 0 Å². The van der Waals surface area contributed by atoms with Crippen molar-refractivity contribution in [2.24, 2.45) is 0 Å². The van der Waals surface area contributed by atoms with Crippen LogP contribution in [0.25, 0.3) is 10.9 Å². The summed E-state index contributed by atoms with van der Waals surface area (Å²) in [4.78, 5) is 8.00. The molecule has 0 saturated heterocycles. The normalized spacial score (nSPS) is 11.3. The first-order valence-electron chi connectivity index (χ1n) is 7.05. The standard InChI is InChI=1S/C17H18N2OS/c20-10-9-19(13-15-5-3-11-21-15)12-14-4-1-7-17-16(14)6-2-8-18-17/h1-8,11,20H,9-10,12-13H2. The molecular formula is C17H18N2OS. The van der Waals surface area contributed by atoms with Gasteiger partial charge >= 0.3 is 0 Å². The van der Waals surface area contributed by atoms with Crippen LogP contribution in [0.15, 0.2) is 54.0 Å². The summed E-state index contributed by atoms with van der Waals surface area (Å²) in [7, 11) is 0. The predicted octanol–water partition coefficient (Wildman–Crippen LogP) is 3.29. The van der Waals surface area contributed by atoms with Crippen molar-refractivity contribution in [2.45, 2.75) is 13.1 Å². The van der Waals surface area contributed by atoms with Crippen LogP contribution in [0.1, 0.15) is 10.4 Å². The second-order valence-corrected chi connectivity index (χ2v) is 6.03.